The molecule has 1 aliphatic heterocycles. The van der Waals surface area contributed by atoms with E-state index in [0.29, 0.717) is 5.75 Å². The molecule has 1 aromatic carbocycles. The van der Waals surface area contributed by atoms with Gasteiger partial charge in [0.2, 0.25) is 0 Å². The van der Waals surface area contributed by atoms with E-state index in [9.17, 15) is 4.79 Å². The number of aryl methyl sites for hydroxylation is 1. The third-order valence-corrected chi connectivity index (χ3v) is 7.48. The van der Waals surface area contributed by atoms with Gasteiger partial charge in [-0.25, -0.2) is 0 Å². The van der Waals surface area contributed by atoms with E-state index in [1.165, 1.54) is 17.3 Å². The second-order valence-electron chi connectivity index (χ2n) is 9.93. The highest BCUT2D eigenvalue weighted by Crippen LogP contribution is 2.28. The number of rotatable bonds is 7. The normalized spacial score (nSPS) is 16.5. The Morgan fingerprint density at radius 2 is 1.91 bits per heavy atom. The van der Waals surface area contributed by atoms with E-state index in [-0.39, 0.29) is 17.3 Å². The summed E-state index contributed by atoms with van der Waals surface area (Å²) >= 11 is 1.44. The fraction of sp³-hybridized carbons (Fsp3) is 0.500. The van der Waals surface area contributed by atoms with Crippen LogP contribution in [0.25, 0.3) is 11.4 Å². The molecule has 0 amide bonds. The number of carbonyl (C=O) groups excluding carboxylic acids is 1. The monoisotopic (exact) mass is 466 g/mol. The number of ketones is 1. The van der Waals surface area contributed by atoms with E-state index < -0.39 is 0 Å². The maximum Gasteiger partial charge on any atom is 0.191 e. The van der Waals surface area contributed by atoms with E-state index in [1.54, 1.807) is 0 Å². The van der Waals surface area contributed by atoms with Gasteiger partial charge in [-0.2, -0.15) is 0 Å². The summed E-state index contributed by atoms with van der Waals surface area (Å²) in [7, 11) is 1.95. The summed E-state index contributed by atoms with van der Waals surface area (Å²) in [6, 6.07) is 10.5. The quantitative estimate of drug-likeness (QED) is 0.347. The standard InChI is InChI=1S/C26H34N4O2S/c1-17-14-22(18(2)30(17)15-21-8-7-13-32-21)23(31)16-33-25-28-27-24(29(25)6)19-9-11-20(12-10-19)26(3,4)5/h9-12,14,21H,7-8,13,15-16H2,1-6H3. The zero-order chi connectivity index (χ0) is 23.8. The molecule has 0 N–H and O–H groups in total. The van der Waals surface area contributed by atoms with Crippen LogP contribution in [0.3, 0.4) is 0 Å². The molecule has 1 atom stereocenters. The van der Waals surface area contributed by atoms with Gasteiger partial charge in [0.25, 0.3) is 0 Å². The molecule has 0 radical (unpaired) electrons. The average molecular weight is 467 g/mol. The van der Waals surface area contributed by atoms with Gasteiger partial charge < -0.3 is 13.9 Å². The highest BCUT2D eigenvalue weighted by molar-refractivity contribution is 7.99. The maximum absolute atomic E-state index is 13.0. The van der Waals surface area contributed by atoms with Gasteiger partial charge in [0.15, 0.2) is 16.8 Å². The lowest BCUT2D eigenvalue weighted by molar-refractivity contribution is 0.0957. The van der Waals surface area contributed by atoms with Crippen LogP contribution in [0.15, 0.2) is 35.5 Å². The van der Waals surface area contributed by atoms with Crippen LogP contribution in [-0.4, -0.2) is 43.6 Å². The van der Waals surface area contributed by atoms with Crippen molar-refractivity contribution in [3.8, 4) is 11.4 Å². The molecular weight excluding hydrogens is 432 g/mol. The van der Waals surface area contributed by atoms with E-state index in [2.05, 4.69) is 66.7 Å². The molecular formula is C26H34N4O2S. The van der Waals surface area contributed by atoms with Crippen LogP contribution < -0.4 is 0 Å². The molecule has 33 heavy (non-hydrogen) atoms. The van der Waals surface area contributed by atoms with Crippen LogP contribution in [0.4, 0.5) is 0 Å². The first-order valence-corrected chi connectivity index (χ1v) is 12.6. The summed E-state index contributed by atoms with van der Waals surface area (Å²) in [6.45, 7) is 12.4. The Hall–Kier alpha value is -2.38. The third kappa shape index (κ3) is 5.09. The van der Waals surface area contributed by atoms with Crippen molar-refractivity contribution in [2.24, 2.45) is 7.05 Å². The molecule has 4 rings (SSSR count). The van der Waals surface area contributed by atoms with Gasteiger partial charge in [0, 0.05) is 42.7 Å². The van der Waals surface area contributed by atoms with Crippen molar-refractivity contribution in [1.29, 1.82) is 0 Å². The number of hydrogen-bond acceptors (Lipinski definition) is 5. The molecule has 0 saturated carbocycles. The predicted octanol–water partition coefficient (Wildman–Crippen LogP) is 5.35. The fourth-order valence-corrected chi connectivity index (χ4v) is 5.17. The van der Waals surface area contributed by atoms with Crippen LogP contribution in [0.2, 0.25) is 0 Å². The number of nitrogens with zero attached hydrogens (tertiary/aromatic N) is 4. The van der Waals surface area contributed by atoms with Crippen LogP contribution in [0, 0.1) is 13.8 Å². The van der Waals surface area contributed by atoms with E-state index >= 15 is 0 Å². The zero-order valence-electron chi connectivity index (χ0n) is 20.5. The molecule has 0 spiro atoms. The minimum absolute atomic E-state index is 0.110. The molecule has 1 aliphatic rings. The van der Waals surface area contributed by atoms with Crippen molar-refractivity contribution in [2.45, 2.75) is 70.7 Å². The SMILES string of the molecule is Cc1cc(C(=O)CSc2nnc(-c3ccc(C(C)(C)C)cc3)n2C)c(C)n1CC1CCCO1. The number of hydrogen-bond donors (Lipinski definition) is 0. The molecule has 7 heteroatoms. The molecule has 3 heterocycles. The first kappa shape index (κ1) is 23.8. The fourth-order valence-electron chi connectivity index (χ4n) is 4.38. The highest BCUT2D eigenvalue weighted by Gasteiger charge is 2.22. The largest absolute Gasteiger partial charge is 0.376 e. The topological polar surface area (TPSA) is 61.9 Å². The number of ether oxygens (including phenoxy) is 1. The molecule has 3 aromatic rings. The van der Waals surface area contributed by atoms with Crippen molar-refractivity contribution < 1.29 is 9.53 Å². The molecule has 176 valence electrons. The van der Waals surface area contributed by atoms with Gasteiger partial charge >= 0.3 is 0 Å². The number of carbonyl (C=O) groups is 1. The summed E-state index contributed by atoms with van der Waals surface area (Å²) in [4.78, 5) is 13.0. The van der Waals surface area contributed by atoms with E-state index in [0.717, 1.165) is 59.5 Å². The lowest BCUT2D eigenvalue weighted by Gasteiger charge is -2.19. The first-order chi connectivity index (χ1) is 15.6. The van der Waals surface area contributed by atoms with Gasteiger partial charge in [-0.1, -0.05) is 56.8 Å². The van der Waals surface area contributed by atoms with Gasteiger partial charge in [-0.3, -0.25) is 4.79 Å². The summed E-state index contributed by atoms with van der Waals surface area (Å²) in [5.74, 6) is 1.25. The smallest absolute Gasteiger partial charge is 0.191 e. The number of Topliss-reactive ketones (excluding diaryl/α,β-unsaturated/α-hetero) is 1. The van der Waals surface area contributed by atoms with Crippen LogP contribution >= 0.6 is 11.8 Å². The first-order valence-electron chi connectivity index (χ1n) is 11.6. The summed E-state index contributed by atoms with van der Waals surface area (Å²) in [5, 5.41) is 9.47. The molecule has 0 aliphatic carbocycles. The van der Waals surface area contributed by atoms with Crippen LogP contribution in [-0.2, 0) is 23.7 Å². The molecule has 0 bridgehead atoms. The van der Waals surface area contributed by atoms with Gasteiger partial charge in [0.1, 0.15) is 0 Å². The zero-order valence-corrected chi connectivity index (χ0v) is 21.3. The van der Waals surface area contributed by atoms with Gasteiger partial charge in [-0.05, 0) is 43.7 Å². The van der Waals surface area contributed by atoms with E-state index in [1.807, 2.05) is 24.6 Å². The molecule has 1 fully saturated rings. The maximum atomic E-state index is 13.0. The van der Waals surface area contributed by atoms with Crippen molar-refractivity contribution in [1.82, 2.24) is 19.3 Å². The lowest BCUT2D eigenvalue weighted by Crippen LogP contribution is -2.17. The third-order valence-electron chi connectivity index (χ3n) is 6.46. The Labute approximate surface area is 200 Å². The summed E-state index contributed by atoms with van der Waals surface area (Å²) < 4.78 is 9.97. The Morgan fingerprint density at radius 3 is 2.55 bits per heavy atom. The number of benzene rings is 1. The summed E-state index contributed by atoms with van der Waals surface area (Å²) in [5.41, 5.74) is 5.33. The van der Waals surface area contributed by atoms with Crippen molar-refractivity contribution in [3.63, 3.8) is 0 Å². The van der Waals surface area contributed by atoms with Gasteiger partial charge in [0.05, 0.1) is 11.9 Å². The van der Waals surface area contributed by atoms with Crippen LogP contribution in [0.5, 0.6) is 0 Å². The van der Waals surface area contributed by atoms with Gasteiger partial charge in [-0.15, -0.1) is 10.2 Å². The minimum Gasteiger partial charge on any atom is -0.376 e. The average Bonchev–Trinajstić information content (AvgIpc) is 3.48. The molecule has 1 saturated heterocycles. The Bertz CT molecular complexity index is 1130. The second kappa shape index (κ2) is 9.47. The Morgan fingerprint density at radius 1 is 1.18 bits per heavy atom. The van der Waals surface area contributed by atoms with Crippen molar-refractivity contribution in [3.05, 3.63) is 52.8 Å². The Balaban J connectivity index is 1.44. The van der Waals surface area contributed by atoms with Crippen LogP contribution in [0.1, 0.15) is 60.9 Å². The molecule has 1 unspecified atom stereocenters. The number of thioether (sulfide) groups is 1. The highest BCUT2D eigenvalue weighted by atomic mass is 32.2. The van der Waals surface area contributed by atoms with Crippen molar-refractivity contribution >= 4 is 17.5 Å². The predicted molar refractivity (Wildman–Crippen MR) is 133 cm³/mol. The molecule has 6 nitrogen and oxygen atoms in total. The second-order valence-corrected chi connectivity index (χ2v) is 10.9. The Kier molecular flexibility index (Phi) is 6.82. The van der Waals surface area contributed by atoms with E-state index in [4.69, 9.17) is 4.74 Å². The number of aromatic nitrogens is 4. The molecule has 2 aromatic heterocycles. The minimum atomic E-state index is 0.110. The lowest BCUT2D eigenvalue weighted by atomic mass is 9.87. The van der Waals surface area contributed by atoms with Crippen molar-refractivity contribution in [2.75, 3.05) is 12.4 Å². The summed E-state index contributed by atoms with van der Waals surface area (Å²) in [6.07, 6.45) is 2.46.